The van der Waals surface area contributed by atoms with Crippen molar-refractivity contribution in [3.63, 3.8) is 0 Å². The van der Waals surface area contributed by atoms with Gasteiger partial charge in [0.05, 0.1) is 12.6 Å². The van der Waals surface area contributed by atoms with E-state index in [1.54, 1.807) is 7.11 Å². The highest BCUT2D eigenvalue weighted by molar-refractivity contribution is 5.86. The number of piperidine rings is 1. The average Bonchev–Trinajstić information content (AvgIpc) is 3.09. The molecule has 3 aromatic rings. The maximum Gasteiger partial charge on any atom is 0.126 e. The number of aromatic amines is 1. The normalized spacial score (nSPS) is 18.9. The van der Waals surface area contributed by atoms with Gasteiger partial charge in [0, 0.05) is 48.8 Å². The van der Waals surface area contributed by atoms with Crippen molar-refractivity contribution in [2.24, 2.45) is 0 Å². The molecule has 0 unspecified atom stereocenters. The Morgan fingerprint density at radius 2 is 1.83 bits per heavy atom. The lowest BCUT2D eigenvalue weighted by Gasteiger charge is -2.45. The van der Waals surface area contributed by atoms with Gasteiger partial charge < -0.3 is 15.0 Å². The molecule has 2 aliphatic heterocycles. The van der Waals surface area contributed by atoms with Crippen LogP contribution in [0.1, 0.15) is 29.7 Å². The van der Waals surface area contributed by atoms with E-state index in [2.05, 4.69) is 27.3 Å². The summed E-state index contributed by atoms with van der Waals surface area (Å²) >= 11 is 0. The molecule has 0 bridgehead atoms. The van der Waals surface area contributed by atoms with Crippen LogP contribution in [0.15, 0.2) is 36.4 Å². The maximum atomic E-state index is 13.5. The molecule has 0 radical (unpaired) electrons. The Bertz CT molecular complexity index is 1030. The zero-order valence-corrected chi connectivity index (χ0v) is 16.5. The molecule has 3 heterocycles. The third-order valence-corrected chi connectivity index (χ3v) is 6.47. The highest BCUT2D eigenvalue weighted by Crippen LogP contribution is 2.41. The van der Waals surface area contributed by atoms with E-state index < -0.39 is 11.6 Å². The molecular weight excluding hydrogens is 372 g/mol. The molecule has 2 aromatic carbocycles. The lowest BCUT2D eigenvalue weighted by Crippen LogP contribution is -2.54. The van der Waals surface area contributed by atoms with E-state index in [1.807, 2.05) is 6.07 Å². The highest BCUT2D eigenvalue weighted by atomic mass is 19.1. The second-order valence-electron chi connectivity index (χ2n) is 8.20. The van der Waals surface area contributed by atoms with Gasteiger partial charge in [-0.1, -0.05) is 0 Å². The van der Waals surface area contributed by atoms with Crippen LogP contribution < -0.4 is 10.1 Å². The fraction of sp³-hybridized carbons (Fsp3) is 0.391. The van der Waals surface area contributed by atoms with E-state index in [9.17, 15) is 8.78 Å². The number of likely N-dealkylation sites (tertiary alicyclic amines) is 1. The fourth-order valence-electron chi connectivity index (χ4n) is 5.02. The predicted octanol–water partition coefficient (Wildman–Crippen LogP) is 4.09. The number of nitrogens with one attached hydrogen (secondary N) is 2. The van der Waals surface area contributed by atoms with E-state index in [-0.39, 0.29) is 5.54 Å². The third kappa shape index (κ3) is 3.30. The minimum atomic E-state index is -0.513. The molecule has 0 aliphatic carbocycles. The lowest BCUT2D eigenvalue weighted by atomic mass is 9.79. The molecule has 1 saturated heterocycles. The third-order valence-electron chi connectivity index (χ3n) is 6.47. The van der Waals surface area contributed by atoms with Crippen LogP contribution in [0.5, 0.6) is 5.75 Å². The average molecular weight is 397 g/mol. The Morgan fingerprint density at radius 1 is 1.07 bits per heavy atom. The van der Waals surface area contributed by atoms with E-state index in [0.717, 1.165) is 56.2 Å². The zero-order chi connectivity index (χ0) is 20.0. The van der Waals surface area contributed by atoms with Crippen LogP contribution in [0, 0.1) is 11.6 Å². The first-order valence-corrected chi connectivity index (χ1v) is 10.2. The van der Waals surface area contributed by atoms with Gasteiger partial charge >= 0.3 is 0 Å². The van der Waals surface area contributed by atoms with Crippen molar-refractivity contribution in [3.8, 4) is 5.75 Å². The van der Waals surface area contributed by atoms with Crippen molar-refractivity contribution in [1.82, 2.24) is 15.2 Å². The molecule has 4 nitrogen and oxygen atoms in total. The van der Waals surface area contributed by atoms with Crippen LogP contribution in [0.3, 0.4) is 0 Å². The van der Waals surface area contributed by atoms with Gasteiger partial charge in [0.25, 0.3) is 0 Å². The van der Waals surface area contributed by atoms with Gasteiger partial charge in [0.1, 0.15) is 17.4 Å². The Balaban J connectivity index is 1.38. The largest absolute Gasteiger partial charge is 0.497 e. The first-order chi connectivity index (χ1) is 14.1. The van der Waals surface area contributed by atoms with Crippen LogP contribution in [-0.4, -0.2) is 36.6 Å². The van der Waals surface area contributed by atoms with Gasteiger partial charge in [-0.3, -0.25) is 4.90 Å². The fourth-order valence-corrected chi connectivity index (χ4v) is 5.02. The number of nitrogens with zero attached hydrogens (tertiary/aromatic N) is 1. The van der Waals surface area contributed by atoms with Crippen molar-refractivity contribution in [2.75, 3.05) is 26.7 Å². The van der Waals surface area contributed by atoms with Crippen LogP contribution >= 0.6 is 0 Å². The Hall–Kier alpha value is -2.44. The van der Waals surface area contributed by atoms with E-state index >= 15 is 0 Å². The quantitative estimate of drug-likeness (QED) is 0.699. The second-order valence-corrected chi connectivity index (χ2v) is 8.20. The molecule has 6 heteroatoms. The van der Waals surface area contributed by atoms with Gasteiger partial charge in [0.15, 0.2) is 0 Å². The molecule has 0 saturated carbocycles. The molecule has 29 heavy (non-hydrogen) atoms. The van der Waals surface area contributed by atoms with Crippen molar-refractivity contribution in [2.45, 2.75) is 31.3 Å². The summed E-state index contributed by atoms with van der Waals surface area (Å²) < 4.78 is 32.4. The summed E-state index contributed by atoms with van der Waals surface area (Å²) in [6.07, 6.45) is 2.92. The number of fused-ring (bicyclic) bond motifs is 4. The summed E-state index contributed by atoms with van der Waals surface area (Å²) in [7, 11) is 1.70. The number of methoxy groups -OCH3 is 1. The number of aromatic nitrogens is 1. The summed E-state index contributed by atoms with van der Waals surface area (Å²) in [6, 6.07) is 9.98. The first-order valence-electron chi connectivity index (χ1n) is 10.2. The molecule has 1 spiro atoms. The van der Waals surface area contributed by atoms with Crippen molar-refractivity contribution in [1.29, 1.82) is 0 Å². The molecule has 0 atom stereocenters. The summed E-state index contributed by atoms with van der Waals surface area (Å²) in [5.74, 6) is -0.148. The SMILES string of the molecule is COc1ccc2[nH]c3c(c2c1)CCNC31CCN(Cc2cc(F)cc(F)c2)CC1. The number of H-pyrrole nitrogens is 1. The number of ether oxygens (including phenoxy) is 1. The molecule has 1 aromatic heterocycles. The number of hydrogen-bond acceptors (Lipinski definition) is 3. The first kappa shape index (κ1) is 18.6. The molecular formula is C23H25F2N3O. The summed E-state index contributed by atoms with van der Waals surface area (Å²) in [6.45, 7) is 3.28. The summed E-state index contributed by atoms with van der Waals surface area (Å²) in [4.78, 5) is 5.95. The number of benzene rings is 2. The molecule has 152 valence electrons. The van der Waals surface area contributed by atoms with Gasteiger partial charge in [0.2, 0.25) is 0 Å². The van der Waals surface area contributed by atoms with E-state index in [4.69, 9.17) is 4.74 Å². The van der Waals surface area contributed by atoms with Crippen LogP contribution in [0.2, 0.25) is 0 Å². The van der Waals surface area contributed by atoms with Crippen LogP contribution in [-0.2, 0) is 18.5 Å². The smallest absolute Gasteiger partial charge is 0.126 e. The zero-order valence-electron chi connectivity index (χ0n) is 16.5. The van der Waals surface area contributed by atoms with Crippen LogP contribution in [0.4, 0.5) is 8.78 Å². The van der Waals surface area contributed by atoms with E-state index in [0.29, 0.717) is 12.1 Å². The maximum absolute atomic E-state index is 13.5. The van der Waals surface area contributed by atoms with Gasteiger partial charge in [-0.15, -0.1) is 0 Å². The standard InChI is InChI=1S/C23H25F2N3O/c1-29-18-2-3-21-20(13-18)19-4-7-26-23(22(19)27-21)5-8-28(9-6-23)14-15-10-16(24)12-17(25)11-15/h2-3,10-13,26-27H,4-9,14H2,1H3. The molecule has 0 amide bonds. The predicted molar refractivity (Wildman–Crippen MR) is 109 cm³/mol. The molecule has 2 aliphatic rings. The van der Waals surface area contributed by atoms with Gasteiger partial charge in [-0.25, -0.2) is 8.78 Å². The second kappa shape index (κ2) is 7.11. The minimum Gasteiger partial charge on any atom is -0.497 e. The topological polar surface area (TPSA) is 40.3 Å². The summed E-state index contributed by atoms with van der Waals surface area (Å²) in [5, 5.41) is 5.02. The van der Waals surface area contributed by atoms with Crippen molar-refractivity contribution in [3.05, 3.63) is 64.9 Å². The minimum absolute atomic E-state index is 0.0659. The number of hydrogen-bond donors (Lipinski definition) is 2. The molecule has 2 N–H and O–H groups in total. The lowest BCUT2D eigenvalue weighted by molar-refractivity contribution is 0.121. The molecule has 5 rings (SSSR count). The van der Waals surface area contributed by atoms with E-state index in [1.165, 1.54) is 28.8 Å². The van der Waals surface area contributed by atoms with Crippen molar-refractivity contribution >= 4 is 10.9 Å². The Morgan fingerprint density at radius 3 is 2.55 bits per heavy atom. The van der Waals surface area contributed by atoms with Crippen LogP contribution in [0.25, 0.3) is 10.9 Å². The summed E-state index contributed by atoms with van der Waals surface area (Å²) in [5.41, 5.74) is 4.45. The highest BCUT2D eigenvalue weighted by Gasteiger charge is 2.41. The monoisotopic (exact) mass is 397 g/mol. The Kier molecular flexibility index (Phi) is 4.56. The van der Waals surface area contributed by atoms with Gasteiger partial charge in [-0.2, -0.15) is 0 Å². The number of rotatable bonds is 3. The molecule has 1 fully saturated rings. The Labute approximate surface area is 168 Å². The van der Waals surface area contributed by atoms with Crippen molar-refractivity contribution < 1.29 is 13.5 Å². The number of halogens is 2. The van der Waals surface area contributed by atoms with Gasteiger partial charge in [-0.05, 0) is 60.7 Å².